The van der Waals surface area contributed by atoms with E-state index in [1.165, 1.54) is 11.1 Å². The van der Waals surface area contributed by atoms with E-state index in [1.54, 1.807) is 11.8 Å². The normalized spacial score (nSPS) is 10.3. The highest BCUT2D eigenvalue weighted by atomic mass is 32.2. The molecule has 0 saturated carbocycles. The molecular weight excluding hydrogens is 294 g/mol. The summed E-state index contributed by atoms with van der Waals surface area (Å²) in [6.45, 7) is 5.08. The summed E-state index contributed by atoms with van der Waals surface area (Å²) in [4.78, 5) is 12.9. The number of thioether (sulfide) groups is 1. The van der Waals surface area contributed by atoms with Crippen molar-refractivity contribution in [2.24, 2.45) is 0 Å². The predicted molar refractivity (Wildman–Crippen MR) is 91.6 cm³/mol. The van der Waals surface area contributed by atoms with Crippen molar-refractivity contribution in [3.05, 3.63) is 59.7 Å². The van der Waals surface area contributed by atoms with Crippen molar-refractivity contribution in [2.45, 2.75) is 18.7 Å². The van der Waals surface area contributed by atoms with Crippen molar-refractivity contribution >= 4 is 17.7 Å². The molecule has 0 aliphatic rings. The molecule has 22 heavy (non-hydrogen) atoms. The average molecular weight is 315 g/mol. The first-order valence-electron chi connectivity index (χ1n) is 7.29. The van der Waals surface area contributed by atoms with Gasteiger partial charge in [0.1, 0.15) is 12.4 Å². The van der Waals surface area contributed by atoms with Crippen LogP contribution < -0.4 is 10.1 Å². The van der Waals surface area contributed by atoms with E-state index in [0.29, 0.717) is 18.9 Å². The lowest BCUT2D eigenvalue weighted by Gasteiger charge is -2.08. The minimum absolute atomic E-state index is 0.0260. The molecule has 0 aliphatic heterocycles. The zero-order valence-corrected chi connectivity index (χ0v) is 13.8. The van der Waals surface area contributed by atoms with Gasteiger partial charge in [0.25, 0.3) is 0 Å². The Morgan fingerprint density at radius 3 is 2.23 bits per heavy atom. The standard InChI is InChI=1S/C18H21NO2S/c1-14-3-7-16(8-4-14)21-12-11-19-18(20)13-22-17-9-5-15(2)6-10-17/h3-10H,11-13H2,1-2H3,(H,19,20). The summed E-state index contributed by atoms with van der Waals surface area (Å²) in [7, 11) is 0. The Labute approximate surface area is 136 Å². The minimum atomic E-state index is 0.0260. The number of hydrogen-bond acceptors (Lipinski definition) is 3. The Bertz CT molecular complexity index is 593. The maximum absolute atomic E-state index is 11.8. The third kappa shape index (κ3) is 5.82. The number of rotatable bonds is 7. The van der Waals surface area contributed by atoms with E-state index >= 15 is 0 Å². The molecule has 0 fully saturated rings. The fourth-order valence-electron chi connectivity index (χ4n) is 1.83. The van der Waals surface area contributed by atoms with E-state index in [0.717, 1.165) is 10.6 Å². The van der Waals surface area contributed by atoms with Crippen molar-refractivity contribution in [2.75, 3.05) is 18.9 Å². The molecule has 1 N–H and O–H groups in total. The van der Waals surface area contributed by atoms with Crippen molar-refractivity contribution in [3.63, 3.8) is 0 Å². The molecule has 0 atom stereocenters. The van der Waals surface area contributed by atoms with Crippen molar-refractivity contribution in [3.8, 4) is 5.75 Å². The molecular formula is C18H21NO2S. The first kappa shape index (κ1) is 16.4. The summed E-state index contributed by atoms with van der Waals surface area (Å²) >= 11 is 1.54. The van der Waals surface area contributed by atoms with Gasteiger partial charge < -0.3 is 10.1 Å². The molecule has 3 nitrogen and oxygen atoms in total. The molecule has 4 heteroatoms. The Morgan fingerprint density at radius 1 is 1.00 bits per heavy atom. The van der Waals surface area contributed by atoms with Gasteiger partial charge in [0.05, 0.1) is 12.3 Å². The molecule has 0 spiro atoms. The molecule has 0 bridgehead atoms. The highest BCUT2D eigenvalue weighted by Gasteiger charge is 2.02. The lowest BCUT2D eigenvalue weighted by molar-refractivity contribution is -0.118. The summed E-state index contributed by atoms with van der Waals surface area (Å²) in [5.41, 5.74) is 2.43. The van der Waals surface area contributed by atoms with Crippen LogP contribution in [0.25, 0.3) is 0 Å². The number of aryl methyl sites for hydroxylation is 2. The Balaban J connectivity index is 1.61. The van der Waals surface area contributed by atoms with Gasteiger partial charge in [-0.2, -0.15) is 0 Å². The van der Waals surface area contributed by atoms with E-state index in [9.17, 15) is 4.79 Å². The number of hydrogen-bond donors (Lipinski definition) is 1. The van der Waals surface area contributed by atoms with Crippen LogP contribution in [0.2, 0.25) is 0 Å². The molecule has 2 rings (SSSR count). The highest BCUT2D eigenvalue weighted by molar-refractivity contribution is 8.00. The van der Waals surface area contributed by atoms with Crippen molar-refractivity contribution in [1.29, 1.82) is 0 Å². The van der Waals surface area contributed by atoms with E-state index in [-0.39, 0.29) is 5.91 Å². The molecule has 1 amide bonds. The fraction of sp³-hybridized carbons (Fsp3) is 0.278. The molecule has 0 heterocycles. The number of carbonyl (C=O) groups excluding carboxylic acids is 1. The molecule has 0 aromatic heterocycles. The third-order valence-corrected chi connectivity index (χ3v) is 4.12. The first-order valence-corrected chi connectivity index (χ1v) is 8.28. The van der Waals surface area contributed by atoms with E-state index < -0.39 is 0 Å². The van der Waals surface area contributed by atoms with Gasteiger partial charge in [-0.3, -0.25) is 4.79 Å². The van der Waals surface area contributed by atoms with Gasteiger partial charge in [-0.1, -0.05) is 35.4 Å². The number of nitrogens with one attached hydrogen (secondary N) is 1. The smallest absolute Gasteiger partial charge is 0.230 e. The molecule has 0 aliphatic carbocycles. The van der Waals surface area contributed by atoms with Gasteiger partial charge in [-0.15, -0.1) is 11.8 Å². The van der Waals surface area contributed by atoms with E-state index in [1.807, 2.05) is 43.3 Å². The second kappa shape index (κ2) is 8.49. The van der Waals surface area contributed by atoms with Crippen LogP contribution in [0.4, 0.5) is 0 Å². The van der Waals surface area contributed by atoms with Crippen LogP contribution in [0.15, 0.2) is 53.4 Å². The molecule has 116 valence electrons. The average Bonchev–Trinajstić information content (AvgIpc) is 2.53. The third-order valence-electron chi connectivity index (χ3n) is 3.10. The zero-order chi connectivity index (χ0) is 15.8. The van der Waals surface area contributed by atoms with Crippen molar-refractivity contribution < 1.29 is 9.53 Å². The quantitative estimate of drug-likeness (QED) is 0.627. The molecule has 0 radical (unpaired) electrons. The van der Waals surface area contributed by atoms with Crippen LogP contribution in [-0.4, -0.2) is 24.8 Å². The summed E-state index contributed by atoms with van der Waals surface area (Å²) in [5, 5.41) is 2.86. The zero-order valence-electron chi connectivity index (χ0n) is 13.0. The lowest BCUT2D eigenvalue weighted by atomic mass is 10.2. The van der Waals surface area contributed by atoms with Gasteiger partial charge in [0.15, 0.2) is 0 Å². The fourth-order valence-corrected chi connectivity index (χ4v) is 2.56. The maximum Gasteiger partial charge on any atom is 0.230 e. The lowest BCUT2D eigenvalue weighted by Crippen LogP contribution is -2.29. The van der Waals surface area contributed by atoms with Crippen LogP contribution >= 0.6 is 11.8 Å². The van der Waals surface area contributed by atoms with Crippen molar-refractivity contribution in [1.82, 2.24) is 5.32 Å². The predicted octanol–water partition coefficient (Wildman–Crippen LogP) is 3.59. The van der Waals surface area contributed by atoms with Gasteiger partial charge in [0.2, 0.25) is 5.91 Å². The summed E-state index contributed by atoms with van der Waals surface area (Å²) in [6.07, 6.45) is 0. The topological polar surface area (TPSA) is 38.3 Å². The van der Waals surface area contributed by atoms with Gasteiger partial charge >= 0.3 is 0 Å². The van der Waals surface area contributed by atoms with E-state index in [2.05, 4.69) is 24.4 Å². The minimum Gasteiger partial charge on any atom is -0.492 e. The molecule has 0 unspecified atom stereocenters. The van der Waals surface area contributed by atoms with Gasteiger partial charge in [0, 0.05) is 4.90 Å². The maximum atomic E-state index is 11.8. The Hall–Kier alpha value is -1.94. The van der Waals surface area contributed by atoms with Gasteiger partial charge in [-0.05, 0) is 38.1 Å². The number of benzene rings is 2. The van der Waals surface area contributed by atoms with Crippen LogP contribution in [0.1, 0.15) is 11.1 Å². The van der Waals surface area contributed by atoms with E-state index in [4.69, 9.17) is 4.74 Å². The second-order valence-corrected chi connectivity index (χ2v) is 6.16. The van der Waals surface area contributed by atoms with Crippen LogP contribution in [-0.2, 0) is 4.79 Å². The largest absolute Gasteiger partial charge is 0.492 e. The highest BCUT2D eigenvalue weighted by Crippen LogP contribution is 2.17. The van der Waals surface area contributed by atoms with Crippen LogP contribution in [0.5, 0.6) is 5.75 Å². The van der Waals surface area contributed by atoms with Crippen LogP contribution in [0, 0.1) is 13.8 Å². The molecule has 0 saturated heterocycles. The SMILES string of the molecule is Cc1ccc(OCCNC(=O)CSc2ccc(C)cc2)cc1. The molecule has 2 aromatic rings. The molecule has 2 aromatic carbocycles. The van der Waals surface area contributed by atoms with Gasteiger partial charge in [-0.25, -0.2) is 0 Å². The number of ether oxygens (including phenoxy) is 1. The monoisotopic (exact) mass is 315 g/mol. The van der Waals surface area contributed by atoms with Crippen LogP contribution in [0.3, 0.4) is 0 Å². The number of amides is 1. The summed E-state index contributed by atoms with van der Waals surface area (Å²) in [5.74, 6) is 1.28. The summed E-state index contributed by atoms with van der Waals surface area (Å²) in [6, 6.07) is 16.1. The second-order valence-electron chi connectivity index (χ2n) is 5.11. The first-order chi connectivity index (χ1) is 10.6. The Kier molecular flexibility index (Phi) is 6.34. The Morgan fingerprint density at radius 2 is 1.59 bits per heavy atom. The summed E-state index contributed by atoms with van der Waals surface area (Å²) < 4.78 is 5.57. The number of carbonyl (C=O) groups is 1.